The van der Waals surface area contributed by atoms with Crippen molar-refractivity contribution >= 4 is 0 Å². The third kappa shape index (κ3) is 3.05. The first kappa shape index (κ1) is 11.7. The van der Waals surface area contributed by atoms with Crippen molar-refractivity contribution in [2.45, 2.75) is 26.3 Å². The number of hydrogen-bond donors (Lipinski definition) is 2. The zero-order valence-electron chi connectivity index (χ0n) is 8.97. The lowest BCUT2D eigenvalue weighted by molar-refractivity contribution is 0.561. The van der Waals surface area contributed by atoms with E-state index >= 15 is 0 Å². The van der Waals surface area contributed by atoms with Crippen molar-refractivity contribution in [1.29, 1.82) is 0 Å². The van der Waals surface area contributed by atoms with Gasteiger partial charge in [-0.25, -0.2) is 4.39 Å². The number of hydrazine groups is 1. The van der Waals surface area contributed by atoms with E-state index in [9.17, 15) is 4.39 Å². The van der Waals surface area contributed by atoms with Crippen LogP contribution in [0.15, 0.2) is 18.2 Å². The van der Waals surface area contributed by atoms with Gasteiger partial charge in [0.15, 0.2) is 0 Å². The summed E-state index contributed by atoms with van der Waals surface area (Å²) in [6.07, 6.45) is 0.624. The summed E-state index contributed by atoms with van der Waals surface area (Å²) in [6.45, 7) is 3.65. The molecule has 1 atom stereocenters. The molecule has 0 saturated carbocycles. The standard InChI is InChI=1S/C12H15FN2/c1-3-4-5-12(15-14)11-7-6-10(13)8-9(11)2/h6-8,12,15H,5,14H2,1-2H3. The first-order valence-electron chi connectivity index (χ1n) is 4.80. The molecular formula is C12H15FN2. The molecule has 15 heavy (non-hydrogen) atoms. The number of hydrogen-bond acceptors (Lipinski definition) is 2. The van der Waals surface area contributed by atoms with Crippen LogP contribution >= 0.6 is 0 Å². The van der Waals surface area contributed by atoms with E-state index < -0.39 is 0 Å². The van der Waals surface area contributed by atoms with Crippen LogP contribution in [0.1, 0.15) is 30.5 Å². The van der Waals surface area contributed by atoms with E-state index in [1.807, 2.05) is 6.92 Å². The molecule has 1 rings (SSSR count). The van der Waals surface area contributed by atoms with Crippen LogP contribution < -0.4 is 11.3 Å². The quantitative estimate of drug-likeness (QED) is 0.451. The minimum absolute atomic E-state index is 0.0435. The highest BCUT2D eigenvalue weighted by atomic mass is 19.1. The number of benzene rings is 1. The molecule has 3 N–H and O–H groups in total. The van der Waals surface area contributed by atoms with Crippen molar-refractivity contribution in [1.82, 2.24) is 5.43 Å². The zero-order valence-corrected chi connectivity index (χ0v) is 8.97. The fourth-order valence-electron chi connectivity index (χ4n) is 1.49. The summed E-state index contributed by atoms with van der Waals surface area (Å²) in [5, 5.41) is 0. The Morgan fingerprint density at radius 3 is 2.80 bits per heavy atom. The SMILES string of the molecule is CC#CCC(NN)c1ccc(F)cc1C. The van der Waals surface area contributed by atoms with Crippen molar-refractivity contribution in [3.63, 3.8) is 0 Å². The van der Waals surface area contributed by atoms with Crippen molar-refractivity contribution in [3.8, 4) is 11.8 Å². The molecule has 80 valence electrons. The molecule has 0 amide bonds. The van der Waals surface area contributed by atoms with Gasteiger partial charge in [0.1, 0.15) is 5.82 Å². The maximum atomic E-state index is 12.9. The van der Waals surface area contributed by atoms with Crippen LogP contribution in [0.2, 0.25) is 0 Å². The monoisotopic (exact) mass is 206 g/mol. The summed E-state index contributed by atoms with van der Waals surface area (Å²) in [4.78, 5) is 0. The molecule has 0 aliphatic carbocycles. The van der Waals surface area contributed by atoms with Gasteiger partial charge in [-0.05, 0) is 37.1 Å². The van der Waals surface area contributed by atoms with Gasteiger partial charge in [-0.1, -0.05) is 6.07 Å². The molecule has 0 radical (unpaired) electrons. The van der Waals surface area contributed by atoms with E-state index in [2.05, 4.69) is 17.3 Å². The highest BCUT2D eigenvalue weighted by molar-refractivity contribution is 5.30. The lowest BCUT2D eigenvalue weighted by Gasteiger charge is -2.15. The first-order valence-corrected chi connectivity index (χ1v) is 4.80. The van der Waals surface area contributed by atoms with Crippen LogP contribution in [0, 0.1) is 24.6 Å². The Kier molecular flexibility index (Phi) is 4.29. The highest BCUT2D eigenvalue weighted by Gasteiger charge is 2.10. The summed E-state index contributed by atoms with van der Waals surface area (Å²) in [7, 11) is 0. The Balaban J connectivity index is 2.94. The summed E-state index contributed by atoms with van der Waals surface area (Å²) in [5.74, 6) is 11.0. The molecule has 0 aliphatic heterocycles. The summed E-state index contributed by atoms with van der Waals surface area (Å²) in [6, 6.07) is 4.63. The van der Waals surface area contributed by atoms with Crippen LogP contribution in [0.3, 0.4) is 0 Å². The van der Waals surface area contributed by atoms with Crippen molar-refractivity contribution in [2.24, 2.45) is 5.84 Å². The van der Waals surface area contributed by atoms with Gasteiger partial charge in [-0.2, -0.15) is 0 Å². The van der Waals surface area contributed by atoms with E-state index in [0.29, 0.717) is 6.42 Å². The molecule has 0 spiro atoms. The van der Waals surface area contributed by atoms with E-state index in [-0.39, 0.29) is 11.9 Å². The lowest BCUT2D eigenvalue weighted by atomic mass is 9.99. The highest BCUT2D eigenvalue weighted by Crippen LogP contribution is 2.20. The smallest absolute Gasteiger partial charge is 0.123 e. The van der Waals surface area contributed by atoms with Crippen molar-refractivity contribution < 1.29 is 4.39 Å². The van der Waals surface area contributed by atoms with Gasteiger partial charge in [0.05, 0.1) is 6.04 Å². The Labute approximate surface area is 89.6 Å². The second-order valence-corrected chi connectivity index (χ2v) is 3.35. The molecule has 2 nitrogen and oxygen atoms in total. The molecule has 0 saturated heterocycles. The van der Waals surface area contributed by atoms with Gasteiger partial charge in [0.2, 0.25) is 0 Å². The fraction of sp³-hybridized carbons (Fsp3) is 0.333. The molecule has 0 fully saturated rings. The topological polar surface area (TPSA) is 38.0 Å². The molecule has 1 aromatic rings. The average molecular weight is 206 g/mol. The molecule has 0 aromatic heterocycles. The van der Waals surface area contributed by atoms with Gasteiger partial charge in [-0.15, -0.1) is 11.8 Å². The molecule has 1 aromatic carbocycles. The minimum Gasteiger partial charge on any atom is -0.271 e. The Bertz CT molecular complexity index is 390. The number of halogens is 1. The van der Waals surface area contributed by atoms with Crippen LogP contribution in [-0.2, 0) is 0 Å². The van der Waals surface area contributed by atoms with Crippen LogP contribution in [0.5, 0.6) is 0 Å². The average Bonchev–Trinajstić information content (AvgIpc) is 2.21. The number of nitrogens with two attached hydrogens (primary N) is 1. The maximum absolute atomic E-state index is 12.9. The van der Waals surface area contributed by atoms with Gasteiger partial charge in [0.25, 0.3) is 0 Å². The molecule has 0 heterocycles. The van der Waals surface area contributed by atoms with Crippen LogP contribution in [-0.4, -0.2) is 0 Å². The van der Waals surface area contributed by atoms with Crippen LogP contribution in [0.25, 0.3) is 0 Å². The van der Waals surface area contributed by atoms with E-state index in [4.69, 9.17) is 5.84 Å². The normalized spacial score (nSPS) is 11.7. The van der Waals surface area contributed by atoms with Crippen LogP contribution in [0.4, 0.5) is 4.39 Å². The Hall–Kier alpha value is -1.37. The largest absolute Gasteiger partial charge is 0.271 e. The molecule has 3 heteroatoms. The van der Waals surface area contributed by atoms with E-state index in [0.717, 1.165) is 11.1 Å². The van der Waals surface area contributed by atoms with Gasteiger partial charge in [-0.3, -0.25) is 11.3 Å². The van der Waals surface area contributed by atoms with Gasteiger partial charge in [0, 0.05) is 6.42 Å². The second-order valence-electron chi connectivity index (χ2n) is 3.35. The molecular weight excluding hydrogens is 191 g/mol. The zero-order chi connectivity index (χ0) is 11.3. The van der Waals surface area contributed by atoms with E-state index in [1.165, 1.54) is 12.1 Å². The number of aryl methyl sites for hydroxylation is 1. The first-order chi connectivity index (χ1) is 7.19. The summed E-state index contributed by atoms with van der Waals surface area (Å²) >= 11 is 0. The lowest BCUT2D eigenvalue weighted by Crippen LogP contribution is -2.28. The van der Waals surface area contributed by atoms with Gasteiger partial charge >= 0.3 is 0 Å². The maximum Gasteiger partial charge on any atom is 0.123 e. The Morgan fingerprint density at radius 1 is 1.53 bits per heavy atom. The Morgan fingerprint density at radius 2 is 2.27 bits per heavy atom. The minimum atomic E-state index is -0.228. The number of rotatable bonds is 3. The predicted molar refractivity (Wildman–Crippen MR) is 59.3 cm³/mol. The summed E-state index contributed by atoms with van der Waals surface area (Å²) in [5.41, 5.74) is 4.56. The molecule has 0 bridgehead atoms. The van der Waals surface area contributed by atoms with Gasteiger partial charge < -0.3 is 0 Å². The van der Waals surface area contributed by atoms with E-state index in [1.54, 1.807) is 13.0 Å². The third-order valence-electron chi connectivity index (χ3n) is 2.29. The van der Waals surface area contributed by atoms with Crippen molar-refractivity contribution in [3.05, 3.63) is 35.1 Å². The molecule has 1 unspecified atom stereocenters. The second kappa shape index (κ2) is 5.50. The summed E-state index contributed by atoms with van der Waals surface area (Å²) < 4.78 is 12.9. The fourth-order valence-corrected chi connectivity index (χ4v) is 1.49. The van der Waals surface area contributed by atoms with Crippen molar-refractivity contribution in [2.75, 3.05) is 0 Å². The number of nitrogens with one attached hydrogen (secondary N) is 1. The predicted octanol–water partition coefficient (Wildman–Crippen LogP) is 2.05. The third-order valence-corrected chi connectivity index (χ3v) is 2.29. The molecule has 0 aliphatic rings.